The highest BCUT2D eigenvalue weighted by Crippen LogP contribution is 2.29. The Morgan fingerprint density at radius 2 is 2.04 bits per heavy atom. The van der Waals surface area contributed by atoms with Gasteiger partial charge in [0.05, 0.1) is 11.4 Å². The Hall–Kier alpha value is -3.02. The fourth-order valence-electron chi connectivity index (χ4n) is 3.03. The van der Waals surface area contributed by atoms with Crippen LogP contribution in [0.4, 0.5) is 10.3 Å². The quantitative estimate of drug-likeness (QED) is 0.744. The van der Waals surface area contributed by atoms with E-state index < -0.39 is 0 Å². The Morgan fingerprint density at radius 3 is 2.73 bits per heavy atom. The number of anilines is 1. The van der Waals surface area contributed by atoms with Crippen molar-refractivity contribution in [2.24, 2.45) is 0 Å². The van der Waals surface area contributed by atoms with Crippen LogP contribution in [0.5, 0.6) is 0 Å². The van der Waals surface area contributed by atoms with E-state index in [1.807, 2.05) is 41.2 Å². The van der Waals surface area contributed by atoms with Gasteiger partial charge in [-0.25, -0.2) is 14.1 Å². The van der Waals surface area contributed by atoms with Gasteiger partial charge in [0.15, 0.2) is 5.65 Å². The van der Waals surface area contributed by atoms with Gasteiger partial charge in [0.25, 0.3) is 0 Å². The average Bonchev–Trinajstić information content (AvgIpc) is 3.03. The monoisotopic (exact) mass is 349 g/mol. The van der Waals surface area contributed by atoms with E-state index in [0.29, 0.717) is 12.4 Å². The standard InChI is InChI=1S/C20H20FN5/c1-13(2)26-19-17(18(25-26)14-6-4-3-5-7-14)12-22-20(24-19)23-16-10-8-15(21)9-11-16/h3-10,12-13,16H,11H2,1-2H3,(H,22,23,24). The van der Waals surface area contributed by atoms with Crippen LogP contribution in [0.25, 0.3) is 22.3 Å². The molecule has 0 saturated carbocycles. The lowest BCUT2D eigenvalue weighted by Crippen LogP contribution is -2.19. The number of rotatable bonds is 4. The van der Waals surface area contributed by atoms with E-state index in [1.165, 1.54) is 6.08 Å². The molecule has 0 spiro atoms. The molecule has 1 aliphatic carbocycles. The first-order valence-electron chi connectivity index (χ1n) is 8.73. The first kappa shape index (κ1) is 16.4. The van der Waals surface area contributed by atoms with Crippen LogP contribution in [-0.2, 0) is 0 Å². The third kappa shape index (κ3) is 3.10. The Morgan fingerprint density at radius 1 is 1.23 bits per heavy atom. The van der Waals surface area contributed by atoms with Crippen LogP contribution in [0.2, 0.25) is 0 Å². The Balaban J connectivity index is 1.73. The van der Waals surface area contributed by atoms with Gasteiger partial charge in [0.2, 0.25) is 5.95 Å². The van der Waals surface area contributed by atoms with Crippen LogP contribution in [0, 0.1) is 0 Å². The molecule has 0 amide bonds. The normalized spacial score (nSPS) is 16.9. The lowest BCUT2D eigenvalue weighted by atomic mass is 10.1. The summed E-state index contributed by atoms with van der Waals surface area (Å²) in [4.78, 5) is 9.14. The van der Waals surface area contributed by atoms with Crippen molar-refractivity contribution in [1.29, 1.82) is 0 Å². The fourth-order valence-corrected chi connectivity index (χ4v) is 3.03. The van der Waals surface area contributed by atoms with Gasteiger partial charge in [0.1, 0.15) is 11.5 Å². The molecular formula is C20H20FN5. The molecule has 1 N–H and O–H groups in total. The lowest BCUT2D eigenvalue weighted by molar-refractivity contribution is 0.548. The smallest absolute Gasteiger partial charge is 0.225 e. The van der Waals surface area contributed by atoms with Gasteiger partial charge in [-0.2, -0.15) is 10.1 Å². The maximum Gasteiger partial charge on any atom is 0.225 e. The van der Waals surface area contributed by atoms with Crippen LogP contribution in [0.1, 0.15) is 26.3 Å². The van der Waals surface area contributed by atoms with Crippen molar-refractivity contribution in [1.82, 2.24) is 19.7 Å². The van der Waals surface area contributed by atoms with Crippen molar-refractivity contribution >= 4 is 17.0 Å². The zero-order valence-electron chi connectivity index (χ0n) is 14.7. The van der Waals surface area contributed by atoms with Gasteiger partial charge in [0, 0.05) is 17.8 Å². The van der Waals surface area contributed by atoms with Crippen LogP contribution >= 0.6 is 0 Å². The number of halogens is 1. The van der Waals surface area contributed by atoms with Gasteiger partial charge >= 0.3 is 0 Å². The molecule has 6 heteroatoms. The van der Waals surface area contributed by atoms with Gasteiger partial charge in [-0.1, -0.05) is 36.4 Å². The molecule has 2 aromatic heterocycles. The number of allylic oxidation sites excluding steroid dienone is 2. The second-order valence-electron chi connectivity index (χ2n) is 6.62. The van der Waals surface area contributed by atoms with E-state index in [1.54, 1.807) is 12.2 Å². The fraction of sp³-hybridized carbons (Fsp3) is 0.250. The van der Waals surface area contributed by atoms with Crippen LogP contribution < -0.4 is 5.32 Å². The third-order valence-corrected chi connectivity index (χ3v) is 4.35. The molecule has 1 atom stereocenters. The summed E-state index contributed by atoms with van der Waals surface area (Å²) in [6.45, 7) is 4.15. The minimum Gasteiger partial charge on any atom is -0.348 e. The van der Waals surface area contributed by atoms with Crippen molar-refractivity contribution in [2.75, 3.05) is 5.32 Å². The largest absolute Gasteiger partial charge is 0.348 e. The summed E-state index contributed by atoms with van der Waals surface area (Å²) in [5, 5.41) is 8.93. The molecule has 1 aromatic carbocycles. The zero-order chi connectivity index (χ0) is 18.1. The maximum absolute atomic E-state index is 13.1. The van der Waals surface area contributed by atoms with E-state index in [-0.39, 0.29) is 17.9 Å². The number of nitrogens with zero attached hydrogens (tertiary/aromatic N) is 4. The van der Waals surface area contributed by atoms with Gasteiger partial charge in [-0.15, -0.1) is 0 Å². The van der Waals surface area contributed by atoms with Crippen LogP contribution in [0.15, 0.2) is 60.6 Å². The highest BCUT2D eigenvalue weighted by Gasteiger charge is 2.17. The minimum atomic E-state index is -0.204. The molecule has 0 radical (unpaired) electrons. The summed E-state index contributed by atoms with van der Waals surface area (Å²) < 4.78 is 15.0. The van der Waals surface area contributed by atoms with E-state index in [2.05, 4.69) is 29.1 Å². The first-order chi connectivity index (χ1) is 12.6. The van der Waals surface area contributed by atoms with Crippen molar-refractivity contribution in [3.63, 3.8) is 0 Å². The summed E-state index contributed by atoms with van der Waals surface area (Å²) in [7, 11) is 0. The van der Waals surface area contributed by atoms with Crippen molar-refractivity contribution in [3.05, 3.63) is 60.6 Å². The summed E-state index contributed by atoms with van der Waals surface area (Å²) in [5.74, 6) is 0.314. The number of hydrogen-bond acceptors (Lipinski definition) is 4. The van der Waals surface area contributed by atoms with Gasteiger partial charge in [-0.3, -0.25) is 0 Å². The third-order valence-electron chi connectivity index (χ3n) is 4.35. The Labute approximate surface area is 151 Å². The molecule has 5 nitrogen and oxygen atoms in total. The minimum absolute atomic E-state index is 0.0176. The zero-order valence-corrected chi connectivity index (χ0v) is 14.7. The number of aromatic nitrogens is 4. The molecule has 0 saturated heterocycles. The average molecular weight is 349 g/mol. The molecule has 0 bridgehead atoms. The van der Waals surface area contributed by atoms with Crippen LogP contribution in [-0.4, -0.2) is 25.8 Å². The number of fused-ring (bicyclic) bond motifs is 1. The SMILES string of the molecule is CC(C)n1nc(-c2ccccc2)c2cnc(NC3C=CC(F)=CC3)nc21. The number of nitrogens with one attached hydrogen (secondary N) is 1. The molecule has 1 unspecified atom stereocenters. The first-order valence-corrected chi connectivity index (χ1v) is 8.73. The second kappa shape index (κ2) is 6.71. The maximum atomic E-state index is 13.1. The summed E-state index contributed by atoms with van der Waals surface area (Å²) >= 11 is 0. The predicted octanol–water partition coefficient (Wildman–Crippen LogP) is 4.67. The molecule has 2 heterocycles. The van der Waals surface area contributed by atoms with E-state index in [9.17, 15) is 4.39 Å². The Kier molecular flexibility index (Phi) is 4.24. The van der Waals surface area contributed by atoms with Crippen molar-refractivity contribution in [3.8, 4) is 11.3 Å². The van der Waals surface area contributed by atoms with Gasteiger partial charge < -0.3 is 5.32 Å². The second-order valence-corrected chi connectivity index (χ2v) is 6.62. The highest BCUT2D eigenvalue weighted by molar-refractivity contribution is 5.91. The summed E-state index contributed by atoms with van der Waals surface area (Å²) in [6.07, 6.45) is 7.19. The number of hydrogen-bond donors (Lipinski definition) is 1. The molecule has 26 heavy (non-hydrogen) atoms. The van der Waals surface area contributed by atoms with Crippen molar-refractivity contribution in [2.45, 2.75) is 32.4 Å². The molecular weight excluding hydrogens is 329 g/mol. The van der Waals surface area contributed by atoms with E-state index >= 15 is 0 Å². The molecule has 3 aromatic rings. The molecule has 4 rings (SSSR count). The predicted molar refractivity (Wildman–Crippen MR) is 102 cm³/mol. The number of benzene rings is 1. The summed E-state index contributed by atoms with van der Waals surface area (Å²) in [6, 6.07) is 10.2. The van der Waals surface area contributed by atoms with Gasteiger partial charge in [-0.05, 0) is 32.4 Å². The summed E-state index contributed by atoms with van der Waals surface area (Å²) in [5.41, 5.74) is 2.71. The van der Waals surface area contributed by atoms with Crippen LogP contribution in [0.3, 0.4) is 0 Å². The molecule has 0 fully saturated rings. The topological polar surface area (TPSA) is 55.6 Å². The van der Waals surface area contributed by atoms with Crippen molar-refractivity contribution < 1.29 is 4.39 Å². The molecule has 0 aliphatic heterocycles. The lowest BCUT2D eigenvalue weighted by Gasteiger charge is -2.15. The van der Waals surface area contributed by atoms with E-state index in [4.69, 9.17) is 5.10 Å². The van der Waals surface area contributed by atoms with E-state index in [0.717, 1.165) is 22.3 Å². The molecule has 1 aliphatic rings. The highest BCUT2D eigenvalue weighted by atomic mass is 19.1. The Bertz CT molecular complexity index is 988. The molecule has 132 valence electrons.